The van der Waals surface area contributed by atoms with Gasteiger partial charge in [0.15, 0.2) is 0 Å². The molecule has 2 heterocycles. The Morgan fingerprint density at radius 3 is 3.05 bits per heavy atom. The second-order valence-electron chi connectivity index (χ2n) is 4.13. The van der Waals surface area contributed by atoms with Gasteiger partial charge in [0.2, 0.25) is 0 Å². The van der Waals surface area contributed by atoms with Gasteiger partial charge in [0.05, 0.1) is 31.0 Å². The summed E-state index contributed by atoms with van der Waals surface area (Å²) in [7, 11) is 1.40. The number of thiophene rings is 1. The molecule has 0 radical (unpaired) electrons. The van der Waals surface area contributed by atoms with Crippen LogP contribution in [0.4, 0.5) is 0 Å². The van der Waals surface area contributed by atoms with E-state index in [0.29, 0.717) is 11.4 Å². The smallest absolute Gasteiger partial charge is 0.348 e. The van der Waals surface area contributed by atoms with E-state index in [1.807, 2.05) is 40.3 Å². The minimum absolute atomic E-state index is 0.283. The molecule has 96 valence electrons. The molecule has 5 heteroatoms. The molecule has 0 saturated carbocycles. The number of rotatable bonds is 3. The molecule has 0 saturated heterocycles. The van der Waals surface area contributed by atoms with Gasteiger partial charge in [-0.3, -0.25) is 0 Å². The lowest BCUT2D eigenvalue weighted by Crippen LogP contribution is -2.05. The summed E-state index contributed by atoms with van der Waals surface area (Å²) >= 11 is 1.40. The topological polar surface area (TPSA) is 44.1 Å². The molecule has 1 aromatic carbocycles. The number of ether oxygens (including phenoxy) is 1. The van der Waals surface area contributed by atoms with E-state index in [1.165, 1.54) is 18.4 Å². The molecule has 0 aliphatic heterocycles. The molecule has 0 bridgehead atoms. The zero-order chi connectivity index (χ0) is 13.2. The van der Waals surface area contributed by atoms with Gasteiger partial charge in [0.1, 0.15) is 4.88 Å². The van der Waals surface area contributed by atoms with E-state index < -0.39 is 0 Å². The number of carbonyl (C=O) groups excluding carboxylic acids is 1. The Labute approximate surface area is 114 Å². The molecule has 0 aliphatic carbocycles. The number of para-hydroxylation sites is 2. The van der Waals surface area contributed by atoms with Crippen LogP contribution in [-0.2, 0) is 11.3 Å². The number of methoxy groups -OCH3 is 1. The second-order valence-corrected chi connectivity index (χ2v) is 5.04. The van der Waals surface area contributed by atoms with Crippen LogP contribution in [-0.4, -0.2) is 22.6 Å². The van der Waals surface area contributed by atoms with E-state index in [0.717, 1.165) is 16.6 Å². The van der Waals surface area contributed by atoms with Gasteiger partial charge in [0, 0.05) is 0 Å². The number of benzene rings is 1. The standard InChI is InChI=1S/C14H12N2O2S/c1-18-14(17)13-10(6-7-19-13)8-16-9-15-11-4-2-3-5-12(11)16/h2-7,9H,8H2,1H3. The van der Waals surface area contributed by atoms with Crippen molar-refractivity contribution >= 4 is 28.3 Å². The molecule has 3 aromatic rings. The average molecular weight is 272 g/mol. The van der Waals surface area contributed by atoms with Gasteiger partial charge in [-0.25, -0.2) is 9.78 Å². The van der Waals surface area contributed by atoms with Crippen LogP contribution in [0.25, 0.3) is 11.0 Å². The van der Waals surface area contributed by atoms with Crippen LogP contribution in [0.15, 0.2) is 42.0 Å². The summed E-state index contributed by atoms with van der Waals surface area (Å²) in [6.07, 6.45) is 1.80. The number of hydrogen-bond acceptors (Lipinski definition) is 4. The van der Waals surface area contributed by atoms with Gasteiger partial charge in [0.25, 0.3) is 0 Å². The molecule has 0 N–H and O–H groups in total. The highest BCUT2D eigenvalue weighted by Crippen LogP contribution is 2.21. The van der Waals surface area contributed by atoms with Crippen molar-refractivity contribution in [1.29, 1.82) is 0 Å². The van der Waals surface area contributed by atoms with Gasteiger partial charge in [-0.2, -0.15) is 0 Å². The van der Waals surface area contributed by atoms with Gasteiger partial charge in [-0.15, -0.1) is 11.3 Å². The molecule has 4 nitrogen and oxygen atoms in total. The Bertz CT molecular complexity index is 730. The number of esters is 1. The summed E-state index contributed by atoms with van der Waals surface area (Å²) in [5.41, 5.74) is 2.97. The van der Waals surface area contributed by atoms with Crippen LogP contribution in [0.5, 0.6) is 0 Å². The molecule has 19 heavy (non-hydrogen) atoms. The van der Waals surface area contributed by atoms with Gasteiger partial charge < -0.3 is 9.30 Å². The zero-order valence-corrected chi connectivity index (χ0v) is 11.2. The summed E-state index contributed by atoms with van der Waals surface area (Å²) in [6.45, 7) is 0.619. The van der Waals surface area contributed by atoms with Crippen molar-refractivity contribution in [2.75, 3.05) is 7.11 Å². The third kappa shape index (κ3) is 2.13. The highest BCUT2D eigenvalue weighted by molar-refractivity contribution is 7.12. The minimum Gasteiger partial charge on any atom is -0.465 e. The Balaban J connectivity index is 1.98. The van der Waals surface area contributed by atoms with Crippen molar-refractivity contribution in [1.82, 2.24) is 9.55 Å². The van der Waals surface area contributed by atoms with Gasteiger partial charge in [-0.1, -0.05) is 12.1 Å². The van der Waals surface area contributed by atoms with Crippen molar-refractivity contribution in [3.05, 3.63) is 52.5 Å². The fourth-order valence-corrected chi connectivity index (χ4v) is 2.88. The highest BCUT2D eigenvalue weighted by Gasteiger charge is 2.14. The van der Waals surface area contributed by atoms with Crippen LogP contribution < -0.4 is 0 Å². The molecular formula is C14H12N2O2S. The van der Waals surface area contributed by atoms with E-state index in [1.54, 1.807) is 6.33 Å². The number of fused-ring (bicyclic) bond motifs is 1. The first-order chi connectivity index (χ1) is 9.29. The van der Waals surface area contributed by atoms with Crippen LogP contribution in [0.2, 0.25) is 0 Å². The van der Waals surface area contributed by atoms with Crippen molar-refractivity contribution in [3.8, 4) is 0 Å². The number of carbonyl (C=O) groups is 1. The van der Waals surface area contributed by atoms with E-state index in [2.05, 4.69) is 4.98 Å². The quantitative estimate of drug-likeness (QED) is 0.689. The Morgan fingerprint density at radius 2 is 2.21 bits per heavy atom. The summed E-state index contributed by atoms with van der Waals surface area (Å²) < 4.78 is 6.82. The Hall–Kier alpha value is -2.14. The van der Waals surface area contributed by atoms with Gasteiger partial charge >= 0.3 is 5.97 Å². The lowest BCUT2D eigenvalue weighted by Gasteiger charge is -2.05. The maximum absolute atomic E-state index is 11.7. The summed E-state index contributed by atoms with van der Waals surface area (Å²) in [5.74, 6) is -0.283. The fourth-order valence-electron chi connectivity index (χ4n) is 2.05. The molecule has 0 atom stereocenters. The van der Waals surface area contributed by atoms with E-state index in [-0.39, 0.29) is 5.97 Å². The monoisotopic (exact) mass is 272 g/mol. The van der Waals surface area contributed by atoms with Crippen molar-refractivity contribution < 1.29 is 9.53 Å². The number of hydrogen-bond donors (Lipinski definition) is 0. The van der Waals surface area contributed by atoms with Crippen LogP contribution in [0.1, 0.15) is 15.2 Å². The largest absolute Gasteiger partial charge is 0.465 e. The Kier molecular flexibility index (Phi) is 3.05. The minimum atomic E-state index is -0.283. The molecule has 0 amide bonds. The number of nitrogens with zero attached hydrogens (tertiary/aromatic N) is 2. The molecule has 0 fully saturated rings. The lowest BCUT2D eigenvalue weighted by atomic mass is 10.2. The Morgan fingerprint density at radius 1 is 1.37 bits per heavy atom. The van der Waals surface area contributed by atoms with Crippen molar-refractivity contribution in [3.63, 3.8) is 0 Å². The van der Waals surface area contributed by atoms with Crippen LogP contribution in [0, 0.1) is 0 Å². The van der Waals surface area contributed by atoms with Crippen molar-refractivity contribution in [2.24, 2.45) is 0 Å². The maximum Gasteiger partial charge on any atom is 0.348 e. The van der Waals surface area contributed by atoms with E-state index in [4.69, 9.17) is 4.74 Å². The third-order valence-electron chi connectivity index (χ3n) is 2.99. The van der Waals surface area contributed by atoms with Crippen LogP contribution >= 0.6 is 11.3 Å². The third-order valence-corrected chi connectivity index (χ3v) is 3.92. The number of imidazole rings is 1. The predicted octanol–water partition coefficient (Wildman–Crippen LogP) is 2.93. The predicted molar refractivity (Wildman–Crippen MR) is 74.5 cm³/mol. The SMILES string of the molecule is COC(=O)c1sccc1Cn1cnc2ccccc21. The molecule has 0 aliphatic rings. The van der Waals surface area contributed by atoms with E-state index >= 15 is 0 Å². The average Bonchev–Trinajstić information content (AvgIpc) is 3.06. The first kappa shape index (κ1) is 11.9. The molecule has 2 aromatic heterocycles. The first-order valence-electron chi connectivity index (χ1n) is 5.84. The highest BCUT2D eigenvalue weighted by atomic mass is 32.1. The molecule has 0 unspecified atom stereocenters. The molecule has 0 spiro atoms. The maximum atomic E-state index is 11.7. The number of aromatic nitrogens is 2. The second kappa shape index (κ2) is 4.85. The van der Waals surface area contributed by atoms with Crippen LogP contribution in [0.3, 0.4) is 0 Å². The zero-order valence-electron chi connectivity index (χ0n) is 10.4. The normalized spacial score (nSPS) is 10.8. The summed E-state index contributed by atoms with van der Waals surface area (Å²) in [6, 6.07) is 9.89. The molecular weight excluding hydrogens is 260 g/mol. The van der Waals surface area contributed by atoms with Crippen molar-refractivity contribution in [2.45, 2.75) is 6.54 Å². The summed E-state index contributed by atoms with van der Waals surface area (Å²) in [4.78, 5) is 16.6. The molecule has 3 rings (SSSR count). The van der Waals surface area contributed by atoms with Gasteiger partial charge in [-0.05, 0) is 29.1 Å². The fraction of sp³-hybridized carbons (Fsp3) is 0.143. The lowest BCUT2D eigenvalue weighted by molar-refractivity contribution is 0.0605. The summed E-state index contributed by atoms with van der Waals surface area (Å²) in [5, 5.41) is 1.90. The first-order valence-corrected chi connectivity index (χ1v) is 6.72. The van der Waals surface area contributed by atoms with E-state index in [9.17, 15) is 4.79 Å².